The van der Waals surface area contributed by atoms with Crippen LogP contribution in [0.2, 0.25) is 0 Å². The summed E-state index contributed by atoms with van der Waals surface area (Å²) in [7, 11) is 2.56. The SMILES string of the molecule is [Ba+2].c1ccc([P-]c2ccccc2)cc1.c1ccc([P-]c2ccccc2)cc1. The Labute approximate surface area is 206 Å². The molecule has 0 bridgehead atoms. The second-order valence-electron chi connectivity index (χ2n) is 5.57. The summed E-state index contributed by atoms with van der Waals surface area (Å²) in [5.74, 6) is 0. The van der Waals surface area contributed by atoms with Crippen LogP contribution in [0.5, 0.6) is 0 Å². The normalized spacial score (nSPS) is 9.48. The van der Waals surface area contributed by atoms with Gasteiger partial charge >= 0.3 is 48.9 Å². The number of hydrogen-bond acceptors (Lipinski definition) is 0. The molecule has 3 heteroatoms. The standard InChI is InChI=1S/2C12H10P.Ba/c2*1-3-7-11(8-4-1)13-12-9-5-2-6-10-12;/h2*1-10H;/q2*-1;+2. The van der Waals surface area contributed by atoms with E-state index >= 15 is 0 Å². The van der Waals surface area contributed by atoms with E-state index in [1.807, 2.05) is 24.3 Å². The zero-order valence-electron chi connectivity index (χ0n) is 15.1. The maximum atomic E-state index is 2.15. The van der Waals surface area contributed by atoms with E-state index in [4.69, 9.17) is 0 Å². The van der Waals surface area contributed by atoms with Gasteiger partial charge in [-0.05, 0) is 0 Å². The molecule has 0 heterocycles. The van der Waals surface area contributed by atoms with Crippen LogP contribution >= 0.6 is 17.2 Å². The van der Waals surface area contributed by atoms with Crippen LogP contribution in [-0.2, 0) is 0 Å². The van der Waals surface area contributed by atoms with Gasteiger partial charge in [0, 0.05) is 0 Å². The predicted octanol–water partition coefficient (Wildman–Crippen LogP) is 4.79. The van der Waals surface area contributed by atoms with Crippen LogP contribution in [0.15, 0.2) is 121 Å². The first-order chi connectivity index (χ1) is 12.9. The molecule has 0 aliphatic rings. The zero-order chi connectivity index (χ0) is 17.9. The molecular weight excluding hydrogens is 488 g/mol. The molecule has 128 valence electrons. The summed E-state index contributed by atoms with van der Waals surface area (Å²) in [5.41, 5.74) is 0. The Morgan fingerprint density at radius 1 is 0.296 bits per heavy atom. The molecule has 0 unspecified atom stereocenters. The van der Waals surface area contributed by atoms with E-state index in [0.29, 0.717) is 0 Å². The summed E-state index contributed by atoms with van der Waals surface area (Å²) in [6.45, 7) is 0. The fraction of sp³-hybridized carbons (Fsp3) is 0. The summed E-state index contributed by atoms with van der Waals surface area (Å²) in [5, 5.41) is 5.37. The molecule has 0 saturated carbocycles. The van der Waals surface area contributed by atoms with Gasteiger partial charge in [0.2, 0.25) is 0 Å². The van der Waals surface area contributed by atoms with Crippen LogP contribution in [0, 0.1) is 0 Å². The molecule has 27 heavy (non-hydrogen) atoms. The molecule has 0 aliphatic carbocycles. The van der Waals surface area contributed by atoms with Crippen molar-refractivity contribution in [2.24, 2.45) is 0 Å². The first kappa shape index (κ1) is 22.6. The molecule has 0 nitrogen and oxygen atoms in total. The monoisotopic (exact) mass is 508 g/mol. The minimum absolute atomic E-state index is 0. The van der Waals surface area contributed by atoms with E-state index in [1.54, 1.807) is 0 Å². The number of rotatable bonds is 4. The van der Waals surface area contributed by atoms with Gasteiger partial charge in [-0.15, -0.1) is 0 Å². The summed E-state index contributed by atoms with van der Waals surface area (Å²) in [6.07, 6.45) is 0. The fourth-order valence-electron chi connectivity index (χ4n) is 2.31. The zero-order valence-corrected chi connectivity index (χ0v) is 21.4. The van der Waals surface area contributed by atoms with Gasteiger partial charge in [0.15, 0.2) is 0 Å². The molecule has 0 atom stereocenters. The van der Waals surface area contributed by atoms with Gasteiger partial charge in [0.05, 0.1) is 0 Å². The van der Waals surface area contributed by atoms with Gasteiger partial charge in [0.25, 0.3) is 0 Å². The molecule has 4 rings (SSSR count). The van der Waals surface area contributed by atoms with Crippen LogP contribution in [-0.4, -0.2) is 48.9 Å². The van der Waals surface area contributed by atoms with Gasteiger partial charge in [-0.3, -0.25) is 0 Å². The van der Waals surface area contributed by atoms with Crippen molar-refractivity contribution in [1.82, 2.24) is 0 Å². The van der Waals surface area contributed by atoms with Crippen molar-refractivity contribution < 1.29 is 0 Å². The second kappa shape index (κ2) is 13.5. The minimum Gasteiger partial charge on any atom is -0.472 e. The maximum absolute atomic E-state index is 2.15. The Kier molecular flexibility index (Phi) is 11.3. The first-order valence-corrected chi connectivity index (χ1v) is 10.3. The third-order valence-corrected chi connectivity index (χ3v) is 5.77. The Morgan fingerprint density at radius 3 is 0.667 bits per heavy atom. The van der Waals surface area contributed by atoms with Crippen LogP contribution in [0.4, 0.5) is 0 Å². The van der Waals surface area contributed by atoms with Crippen LogP contribution in [0.1, 0.15) is 0 Å². The molecule has 0 radical (unpaired) electrons. The van der Waals surface area contributed by atoms with Crippen molar-refractivity contribution in [1.29, 1.82) is 0 Å². The Bertz CT molecular complexity index is 715. The Hall–Kier alpha value is -0.689. The smallest absolute Gasteiger partial charge is 0.472 e. The van der Waals surface area contributed by atoms with E-state index in [2.05, 4.69) is 97.1 Å². The second-order valence-corrected chi connectivity index (χ2v) is 8.08. The first-order valence-electron chi connectivity index (χ1n) is 8.54. The summed E-state index contributed by atoms with van der Waals surface area (Å²) >= 11 is 0. The average Bonchev–Trinajstić information content (AvgIpc) is 2.72. The van der Waals surface area contributed by atoms with Crippen molar-refractivity contribution in [3.05, 3.63) is 121 Å². The van der Waals surface area contributed by atoms with E-state index in [0.717, 1.165) is 0 Å². The molecule has 4 aromatic rings. The van der Waals surface area contributed by atoms with Gasteiger partial charge in [0.1, 0.15) is 0 Å². The van der Waals surface area contributed by atoms with E-state index in [1.165, 1.54) is 38.4 Å². The number of benzene rings is 4. The van der Waals surface area contributed by atoms with Crippen molar-refractivity contribution in [3.8, 4) is 0 Å². The number of hydrogen-bond donors (Lipinski definition) is 0. The van der Waals surface area contributed by atoms with Gasteiger partial charge in [-0.25, -0.2) is 21.2 Å². The Balaban J connectivity index is 0.000000187. The molecule has 0 fully saturated rings. The largest absolute Gasteiger partial charge is 2.00 e. The van der Waals surface area contributed by atoms with Crippen molar-refractivity contribution in [3.63, 3.8) is 0 Å². The molecule has 4 aromatic carbocycles. The quantitative estimate of drug-likeness (QED) is 0.275. The molecule has 0 aliphatic heterocycles. The van der Waals surface area contributed by atoms with Crippen molar-refractivity contribution >= 4 is 87.3 Å². The molecule has 0 amide bonds. The van der Waals surface area contributed by atoms with Crippen LogP contribution in [0.25, 0.3) is 0 Å². The van der Waals surface area contributed by atoms with Crippen LogP contribution < -0.4 is 21.2 Å². The molecule has 0 aromatic heterocycles. The third-order valence-electron chi connectivity index (χ3n) is 3.54. The topological polar surface area (TPSA) is 0 Å². The summed E-state index contributed by atoms with van der Waals surface area (Å²) < 4.78 is 0. The van der Waals surface area contributed by atoms with Gasteiger partial charge < -0.3 is 17.2 Å². The van der Waals surface area contributed by atoms with Crippen molar-refractivity contribution in [2.75, 3.05) is 0 Å². The van der Waals surface area contributed by atoms with E-state index < -0.39 is 0 Å². The van der Waals surface area contributed by atoms with Gasteiger partial charge in [-0.1, -0.05) is 121 Å². The Morgan fingerprint density at radius 2 is 0.481 bits per heavy atom. The molecule has 0 saturated heterocycles. The average molecular weight is 508 g/mol. The minimum atomic E-state index is 0. The maximum Gasteiger partial charge on any atom is 2.00 e. The third kappa shape index (κ3) is 8.90. The fourth-order valence-corrected chi connectivity index (χ4v) is 4.19. The van der Waals surface area contributed by atoms with E-state index in [9.17, 15) is 0 Å². The summed E-state index contributed by atoms with van der Waals surface area (Å²) in [4.78, 5) is 0. The van der Waals surface area contributed by atoms with Crippen LogP contribution in [0.3, 0.4) is 0 Å². The van der Waals surface area contributed by atoms with E-state index in [-0.39, 0.29) is 48.9 Å². The molecular formula is C24H20BaP2. The van der Waals surface area contributed by atoms with Crippen molar-refractivity contribution in [2.45, 2.75) is 0 Å². The molecule has 0 N–H and O–H groups in total. The predicted molar refractivity (Wildman–Crippen MR) is 124 cm³/mol. The molecule has 0 spiro atoms. The summed E-state index contributed by atoms with van der Waals surface area (Å²) in [6, 6.07) is 42.0. The van der Waals surface area contributed by atoms with Gasteiger partial charge in [-0.2, -0.15) is 0 Å².